The molecule has 0 radical (unpaired) electrons. The van der Waals surface area contributed by atoms with Crippen molar-refractivity contribution >= 4 is 17.3 Å². The highest BCUT2D eigenvalue weighted by Gasteiger charge is 2.03. The molecule has 0 fully saturated rings. The highest BCUT2D eigenvalue weighted by molar-refractivity contribution is 5.90. The normalized spacial score (nSPS) is 8.00. The van der Waals surface area contributed by atoms with Gasteiger partial charge in [0.05, 0.1) is 16.9 Å². The van der Waals surface area contributed by atoms with E-state index in [9.17, 15) is 4.79 Å². The van der Waals surface area contributed by atoms with Gasteiger partial charge in [-0.1, -0.05) is 0 Å². The van der Waals surface area contributed by atoms with Gasteiger partial charge in [-0.15, -0.1) is 0 Å². The highest BCUT2D eigenvalue weighted by atomic mass is 16.4. The minimum atomic E-state index is -1.00. The first kappa shape index (κ1) is 13.8. The van der Waals surface area contributed by atoms with Gasteiger partial charge in [0.15, 0.2) is 0 Å². The minimum Gasteiger partial charge on any atom is -0.478 e. The number of carboxylic acid groups (broad SMARTS) is 1. The molecular formula is C7H12N2O4. The number of carbonyl (C=O) groups is 1. The fraction of sp³-hybridized carbons (Fsp3) is 0. The minimum absolute atomic E-state index is 0. The molecule has 1 rings (SSSR count). The second-order valence-corrected chi connectivity index (χ2v) is 2.15. The first-order valence-corrected chi connectivity index (χ1v) is 2.99. The molecule has 0 bridgehead atoms. The van der Waals surface area contributed by atoms with Gasteiger partial charge in [-0.2, -0.15) is 0 Å². The van der Waals surface area contributed by atoms with E-state index in [0.717, 1.165) is 0 Å². The number of nitrogens with two attached hydrogens (primary N) is 2. The van der Waals surface area contributed by atoms with Crippen LogP contribution in [0.25, 0.3) is 0 Å². The molecule has 13 heavy (non-hydrogen) atoms. The summed E-state index contributed by atoms with van der Waals surface area (Å²) in [6, 6.07) is 4.21. The zero-order chi connectivity index (χ0) is 8.43. The van der Waals surface area contributed by atoms with E-state index in [1.54, 1.807) is 0 Å². The SMILES string of the molecule is Nc1ccc(C(=O)O)cc1N.O.O. The molecule has 0 spiro atoms. The van der Waals surface area contributed by atoms with Crippen LogP contribution in [0, 0.1) is 0 Å². The smallest absolute Gasteiger partial charge is 0.335 e. The number of rotatable bonds is 1. The molecule has 1 aromatic carbocycles. The lowest BCUT2D eigenvalue weighted by Crippen LogP contribution is -2.00. The van der Waals surface area contributed by atoms with Crippen LogP contribution in [-0.4, -0.2) is 22.0 Å². The Morgan fingerprint density at radius 2 is 1.69 bits per heavy atom. The third-order valence-corrected chi connectivity index (χ3v) is 1.33. The number of hydrogen-bond donors (Lipinski definition) is 3. The second kappa shape index (κ2) is 4.96. The lowest BCUT2D eigenvalue weighted by molar-refractivity contribution is 0.0697. The van der Waals surface area contributed by atoms with Crippen LogP contribution >= 0.6 is 0 Å². The molecule has 0 heterocycles. The van der Waals surface area contributed by atoms with Crippen molar-refractivity contribution in [1.29, 1.82) is 0 Å². The van der Waals surface area contributed by atoms with Gasteiger partial charge >= 0.3 is 5.97 Å². The van der Waals surface area contributed by atoms with Gasteiger partial charge < -0.3 is 27.5 Å². The molecule has 0 saturated carbocycles. The highest BCUT2D eigenvalue weighted by Crippen LogP contribution is 2.15. The van der Waals surface area contributed by atoms with E-state index in [1.807, 2.05) is 0 Å². The summed E-state index contributed by atoms with van der Waals surface area (Å²) in [5.41, 5.74) is 11.6. The van der Waals surface area contributed by atoms with Crippen molar-refractivity contribution in [1.82, 2.24) is 0 Å². The number of benzene rings is 1. The summed E-state index contributed by atoms with van der Waals surface area (Å²) in [5.74, 6) is -1.00. The Balaban J connectivity index is 0. The Kier molecular flexibility index (Phi) is 5.26. The van der Waals surface area contributed by atoms with Crippen molar-refractivity contribution < 1.29 is 20.9 Å². The van der Waals surface area contributed by atoms with Crippen LogP contribution in [0.1, 0.15) is 10.4 Å². The van der Waals surface area contributed by atoms with Crippen LogP contribution in [0.4, 0.5) is 11.4 Å². The average molecular weight is 188 g/mol. The Morgan fingerprint density at radius 3 is 2.08 bits per heavy atom. The van der Waals surface area contributed by atoms with Crippen molar-refractivity contribution in [3.63, 3.8) is 0 Å². The lowest BCUT2D eigenvalue weighted by atomic mass is 10.2. The van der Waals surface area contributed by atoms with E-state index in [2.05, 4.69) is 0 Å². The molecule has 9 N–H and O–H groups in total. The van der Waals surface area contributed by atoms with Crippen LogP contribution in [-0.2, 0) is 0 Å². The second-order valence-electron chi connectivity index (χ2n) is 2.15. The summed E-state index contributed by atoms with van der Waals surface area (Å²) in [4.78, 5) is 10.4. The van der Waals surface area contributed by atoms with Gasteiger partial charge in [0, 0.05) is 0 Å². The summed E-state index contributed by atoms with van der Waals surface area (Å²) in [7, 11) is 0. The maximum atomic E-state index is 10.4. The van der Waals surface area contributed by atoms with Crippen molar-refractivity contribution in [3.05, 3.63) is 23.8 Å². The monoisotopic (exact) mass is 188 g/mol. The molecule has 74 valence electrons. The van der Waals surface area contributed by atoms with Gasteiger partial charge in [0.1, 0.15) is 0 Å². The number of hydrogen-bond acceptors (Lipinski definition) is 3. The molecule has 0 aliphatic heterocycles. The lowest BCUT2D eigenvalue weighted by Gasteiger charge is -1.99. The van der Waals surface area contributed by atoms with E-state index in [-0.39, 0.29) is 16.5 Å². The fourth-order valence-electron chi connectivity index (χ4n) is 0.708. The molecule has 0 amide bonds. The van der Waals surface area contributed by atoms with E-state index < -0.39 is 5.97 Å². The summed E-state index contributed by atoms with van der Waals surface area (Å²) >= 11 is 0. The van der Waals surface area contributed by atoms with Gasteiger partial charge in [-0.3, -0.25) is 0 Å². The van der Waals surface area contributed by atoms with Gasteiger partial charge in [-0.25, -0.2) is 4.79 Å². The molecular weight excluding hydrogens is 176 g/mol. The Bertz CT molecular complexity index is 301. The van der Waals surface area contributed by atoms with Crippen molar-refractivity contribution in [2.45, 2.75) is 0 Å². The predicted octanol–water partition coefficient (Wildman–Crippen LogP) is -1.10. The van der Waals surface area contributed by atoms with E-state index in [4.69, 9.17) is 16.6 Å². The van der Waals surface area contributed by atoms with Crippen LogP contribution in [0.2, 0.25) is 0 Å². The Labute approximate surface area is 74.4 Å². The molecule has 6 nitrogen and oxygen atoms in total. The topological polar surface area (TPSA) is 152 Å². The van der Waals surface area contributed by atoms with Crippen molar-refractivity contribution in [3.8, 4) is 0 Å². The molecule has 0 atom stereocenters. The number of anilines is 2. The molecule has 1 aromatic rings. The van der Waals surface area contributed by atoms with Gasteiger partial charge in [-0.05, 0) is 18.2 Å². The Hall–Kier alpha value is -1.79. The fourth-order valence-corrected chi connectivity index (χ4v) is 0.708. The maximum Gasteiger partial charge on any atom is 0.335 e. The molecule has 0 saturated heterocycles. The van der Waals surface area contributed by atoms with Crippen LogP contribution in [0.3, 0.4) is 0 Å². The quantitative estimate of drug-likeness (QED) is 0.478. The Morgan fingerprint density at radius 1 is 1.15 bits per heavy atom. The first-order valence-electron chi connectivity index (χ1n) is 2.99. The van der Waals surface area contributed by atoms with Crippen LogP contribution in [0.5, 0.6) is 0 Å². The van der Waals surface area contributed by atoms with Crippen LogP contribution in [0.15, 0.2) is 18.2 Å². The van der Waals surface area contributed by atoms with Crippen molar-refractivity contribution in [2.24, 2.45) is 0 Å². The summed E-state index contributed by atoms with van der Waals surface area (Å²) in [6.45, 7) is 0. The largest absolute Gasteiger partial charge is 0.478 e. The number of nitrogen functional groups attached to an aromatic ring is 2. The molecule has 0 unspecified atom stereocenters. The van der Waals surface area contributed by atoms with Crippen molar-refractivity contribution in [2.75, 3.05) is 11.5 Å². The zero-order valence-corrected chi connectivity index (χ0v) is 6.74. The molecule has 0 aromatic heterocycles. The summed E-state index contributed by atoms with van der Waals surface area (Å²) in [5, 5.41) is 8.50. The molecule has 6 heteroatoms. The van der Waals surface area contributed by atoms with Crippen LogP contribution < -0.4 is 11.5 Å². The maximum absolute atomic E-state index is 10.4. The van der Waals surface area contributed by atoms with E-state index in [1.165, 1.54) is 18.2 Å². The predicted molar refractivity (Wildman–Crippen MR) is 49.5 cm³/mol. The van der Waals surface area contributed by atoms with Gasteiger partial charge in [0.25, 0.3) is 0 Å². The third kappa shape index (κ3) is 2.97. The third-order valence-electron chi connectivity index (χ3n) is 1.33. The standard InChI is InChI=1S/C7H8N2O2.2H2O/c8-5-2-1-4(7(10)11)3-6(5)9;;/h1-3H,8-9H2,(H,10,11);2*1H2. The average Bonchev–Trinajstić information content (AvgIpc) is 1.94. The summed E-state index contributed by atoms with van der Waals surface area (Å²) < 4.78 is 0. The van der Waals surface area contributed by atoms with E-state index in [0.29, 0.717) is 11.4 Å². The zero-order valence-electron chi connectivity index (χ0n) is 6.74. The number of aromatic carboxylic acids is 1. The number of carboxylic acids is 1. The van der Waals surface area contributed by atoms with Gasteiger partial charge in [0.2, 0.25) is 0 Å². The van der Waals surface area contributed by atoms with E-state index >= 15 is 0 Å². The molecule has 0 aliphatic rings. The molecule has 0 aliphatic carbocycles. The summed E-state index contributed by atoms with van der Waals surface area (Å²) in [6.07, 6.45) is 0. The first-order chi connectivity index (χ1) is 5.11.